The fourth-order valence-electron chi connectivity index (χ4n) is 3.03. The Morgan fingerprint density at radius 2 is 1.88 bits per heavy atom. The fraction of sp³-hybridized carbons (Fsp3) is 1.00. The van der Waals surface area contributed by atoms with Gasteiger partial charge >= 0.3 is 0 Å². The second-order valence-electron chi connectivity index (χ2n) is 5.13. The Morgan fingerprint density at radius 1 is 1.18 bits per heavy atom. The van der Waals surface area contributed by atoms with Crippen LogP contribution in [0.3, 0.4) is 0 Å². The second kappa shape index (κ2) is 6.86. The Kier molecular flexibility index (Phi) is 5.45. The molecule has 1 aliphatic heterocycles. The standard InChI is InChI=1S/C13H25NO2S/c1-2-14-12-5-3-4-6-13(12)17(15)11-7-9-16-10-8-11/h11-14H,2-10H2,1H3. The Labute approximate surface area is 107 Å². The lowest BCUT2D eigenvalue weighted by Crippen LogP contribution is -2.47. The van der Waals surface area contributed by atoms with Crippen LogP contribution in [0.5, 0.6) is 0 Å². The molecule has 0 aromatic rings. The highest BCUT2D eigenvalue weighted by molar-refractivity contribution is 7.86. The maximum absolute atomic E-state index is 12.7. The average Bonchev–Trinajstić information content (AvgIpc) is 2.40. The van der Waals surface area contributed by atoms with Crippen molar-refractivity contribution in [1.82, 2.24) is 5.32 Å². The number of ether oxygens (including phenoxy) is 1. The van der Waals surface area contributed by atoms with Crippen molar-refractivity contribution in [1.29, 1.82) is 0 Å². The van der Waals surface area contributed by atoms with Crippen molar-refractivity contribution < 1.29 is 8.95 Å². The van der Waals surface area contributed by atoms with Gasteiger partial charge in [-0.25, -0.2) is 0 Å². The summed E-state index contributed by atoms with van der Waals surface area (Å²) in [7, 11) is -0.667. The van der Waals surface area contributed by atoms with Gasteiger partial charge in [0.2, 0.25) is 0 Å². The van der Waals surface area contributed by atoms with Gasteiger partial charge in [0.15, 0.2) is 0 Å². The van der Waals surface area contributed by atoms with E-state index in [2.05, 4.69) is 12.2 Å². The molecule has 1 aliphatic carbocycles. The summed E-state index contributed by atoms with van der Waals surface area (Å²) >= 11 is 0. The summed E-state index contributed by atoms with van der Waals surface area (Å²) in [5.74, 6) is 0. The Morgan fingerprint density at radius 3 is 2.59 bits per heavy atom. The SMILES string of the molecule is CCNC1CCCCC1S(=O)C1CCOCC1. The fourth-order valence-corrected chi connectivity index (χ4v) is 5.13. The van der Waals surface area contributed by atoms with E-state index < -0.39 is 10.8 Å². The van der Waals surface area contributed by atoms with E-state index in [4.69, 9.17) is 4.74 Å². The summed E-state index contributed by atoms with van der Waals surface area (Å²) in [4.78, 5) is 0. The molecule has 4 heteroatoms. The molecule has 0 aromatic heterocycles. The average molecular weight is 259 g/mol. The first kappa shape index (κ1) is 13.5. The Balaban J connectivity index is 1.94. The highest BCUT2D eigenvalue weighted by Gasteiger charge is 2.33. The van der Waals surface area contributed by atoms with E-state index in [-0.39, 0.29) is 0 Å². The van der Waals surface area contributed by atoms with Crippen LogP contribution in [0.4, 0.5) is 0 Å². The predicted octanol–water partition coefficient (Wildman–Crippen LogP) is 1.83. The maximum Gasteiger partial charge on any atom is 0.0504 e. The molecule has 2 fully saturated rings. The van der Waals surface area contributed by atoms with Crippen molar-refractivity contribution in [2.24, 2.45) is 0 Å². The van der Waals surface area contributed by atoms with Gasteiger partial charge < -0.3 is 10.1 Å². The van der Waals surface area contributed by atoms with Crippen LogP contribution >= 0.6 is 0 Å². The quantitative estimate of drug-likeness (QED) is 0.837. The van der Waals surface area contributed by atoms with Crippen molar-refractivity contribution in [3.05, 3.63) is 0 Å². The minimum atomic E-state index is -0.667. The van der Waals surface area contributed by atoms with E-state index >= 15 is 0 Å². The molecular formula is C13H25NO2S. The first-order chi connectivity index (χ1) is 8.33. The number of hydrogen-bond acceptors (Lipinski definition) is 3. The molecule has 2 aliphatic rings. The number of rotatable bonds is 4. The third kappa shape index (κ3) is 3.52. The molecule has 1 heterocycles. The molecule has 0 aromatic carbocycles. The minimum Gasteiger partial charge on any atom is -0.381 e. The van der Waals surface area contributed by atoms with E-state index in [1.54, 1.807) is 0 Å². The Hall–Kier alpha value is 0.0700. The number of hydrogen-bond donors (Lipinski definition) is 1. The van der Waals surface area contributed by atoms with Gasteiger partial charge in [-0.3, -0.25) is 4.21 Å². The van der Waals surface area contributed by atoms with Crippen molar-refractivity contribution in [3.63, 3.8) is 0 Å². The molecule has 3 nitrogen and oxygen atoms in total. The van der Waals surface area contributed by atoms with E-state index in [1.165, 1.54) is 19.3 Å². The van der Waals surface area contributed by atoms with Crippen LogP contribution in [0.15, 0.2) is 0 Å². The third-order valence-electron chi connectivity index (χ3n) is 3.96. The van der Waals surface area contributed by atoms with E-state index in [9.17, 15) is 4.21 Å². The van der Waals surface area contributed by atoms with Crippen LogP contribution in [-0.4, -0.2) is 40.5 Å². The van der Waals surface area contributed by atoms with Crippen LogP contribution in [0.2, 0.25) is 0 Å². The zero-order valence-electron chi connectivity index (χ0n) is 10.8. The van der Waals surface area contributed by atoms with E-state index in [0.29, 0.717) is 16.5 Å². The highest BCUT2D eigenvalue weighted by atomic mass is 32.2. The van der Waals surface area contributed by atoms with E-state index in [0.717, 1.165) is 39.0 Å². The first-order valence-electron chi connectivity index (χ1n) is 7.03. The second-order valence-corrected chi connectivity index (χ2v) is 7.06. The summed E-state index contributed by atoms with van der Waals surface area (Å²) in [6.07, 6.45) is 6.86. The van der Waals surface area contributed by atoms with E-state index in [1.807, 2.05) is 0 Å². The van der Waals surface area contributed by atoms with Gasteiger partial charge in [-0.1, -0.05) is 19.8 Å². The lowest BCUT2D eigenvalue weighted by atomic mass is 9.95. The van der Waals surface area contributed by atoms with Gasteiger partial charge in [-0.15, -0.1) is 0 Å². The zero-order valence-corrected chi connectivity index (χ0v) is 11.6. The zero-order chi connectivity index (χ0) is 12.1. The molecule has 3 unspecified atom stereocenters. The van der Waals surface area contributed by atoms with Crippen LogP contribution in [-0.2, 0) is 15.5 Å². The Bertz CT molecular complexity index is 252. The van der Waals surface area contributed by atoms with Crippen molar-refractivity contribution in [3.8, 4) is 0 Å². The van der Waals surface area contributed by atoms with Gasteiger partial charge in [0, 0.05) is 35.3 Å². The molecule has 0 amide bonds. The lowest BCUT2D eigenvalue weighted by Gasteiger charge is -2.34. The predicted molar refractivity (Wildman–Crippen MR) is 71.7 cm³/mol. The van der Waals surface area contributed by atoms with Crippen LogP contribution < -0.4 is 5.32 Å². The lowest BCUT2D eigenvalue weighted by molar-refractivity contribution is 0.0989. The molecule has 100 valence electrons. The summed E-state index contributed by atoms with van der Waals surface area (Å²) in [6, 6.07) is 0.484. The van der Waals surface area contributed by atoms with Crippen molar-refractivity contribution >= 4 is 10.8 Å². The largest absolute Gasteiger partial charge is 0.381 e. The molecule has 2 rings (SSSR count). The third-order valence-corrected chi connectivity index (χ3v) is 6.25. The van der Waals surface area contributed by atoms with Gasteiger partial charge in [0.05, 0.1) is 5.25 Å². The summed E-state index contributed by atoms with van der Waals surface area (Å²) in [5, 5.41) is 4.29. The molecule has 0 radical (unpaired) electrons. The van der Waals surface area contributed by atoms with Crippen molar-refractivity contribution in [2.45, 2.75) is 62.0 Å². The smallest absolute Gasteiger partial charge is 0.0504 e. The normalized spacial score (nSPS) is 33.5. The molecule has 3 atom stereocenters. The monoisotopic (exact) mass is 259 g/mol. The molecule has 17 heavy (non-hydrogen) atoms. The molecule has 1 saturated heterocycles. The van der Waals surface area contributed by atoms with Gasteiger partial charge in [-0.05, 0) is 32.2 Å². The van der Waals surface area contributed by atoms with Crippen LogP contribution in [0.25, 0.3) is 0 Å². The minimum absolute atomic E-state index is 0.381. The molecule has 0 spiro atoms. The van der Waals surface area contributed by atoms with Crippen LogP contribution in [0, 0.1) is 0 Å². The molecular weight excluding hydrogens is 234 g/mol. The summed E-state index contributed by atoms with van der Waals surface area (Å²) < 4.78 is 18.0. The van der Waals surface area contributed by atoms with Crippen LogP contribution in [0.1, 0.15) is 45.4 Å². The summed E-state index contributed by atoms with van der Waals surface area (Å²) in [6.45, 7) is 4.74. The molecule has 1 saturated carbocycles. The summed E-state index contributed by atoms with van der Waals surface area (Å²) in [5.41, 5.74) is 0. The van der Waals surface area contributed by atoms with Gasteiger partial charge in [0.25, 0.3) is 0 Å². The van der Waals surface area contributed by atoms with Crippen molar-refractivity contribution in [2.75, 3.05) is 19.8 Å². The maximum atomic E-state index is 12.7. The molecule has 1 N–H and O–H groups in total. The highest BCUT2D eigenvalue weighted by Crippen LogP contribution is 2.27. The first-order valence-corrected chi connectivity index (χ1v) is 8.31. The van der Waals surface area contributed by atoms with Gasteiger partial charge in [0.1, 0.15) is 0 Å². The number of nitrogens with one attached hydrogen (secondary N) is 1. The molecule has 0 bridgehead atoms. The topological polar surface area (TPSA) is 38.3 Å². The van der Waals surface area contributed by atoms with Gasteiger partial charge in [-0.2, -0.15) is 0 Å².